The molecule has 28 heavy (non-hydrogen) atoms. The second kappa shape index (κ2) is 7.72. The third kappa shape index (κ3) is 3.69. The van der Waals surface area contributed by atoms with E-state index in [4.69, 9.17) is 4.74 Å². The van der Waals surface area contributed by atoms with Gasteiger partial charge in [0.1, 0.15) is 5.75 Å². The summed E-state index contributed by atoms with van der Waals surface area (Å²) in [5, 5.41) is 1.21. The second-order valence-electron chi connectivity index (χ2n) is 6.94. The number of aromatic amines is 1. The Morgan fingerprint density at radius 2 is 1.89 bits per heavy atom. The van der Waals surface area contributed by atoms with E-state index in [0.29, 0.717) is 24.4 Å². The molecule has 0 spiro atoms. The summed E-state index contributed by atoms with van der Waals surface area (Å²) in [6.07, 6.45) is 4.99. The molecule has 0 aliphatic carbocycles. The smallest absolute Gasteiger partial charge is 0.260 e. The number of nitrogens with zero attached hydrogens (tertiary/aromatic N) is 1. The van der Waals surface area contributed by atoms with Crippen molar-refractivity contribution in [2.45, 2.75) is 13.3 Å². The van der Waals surface area contributed by atoms with E-state index in [1.165, 1.54) is 23.4 Å². The number of carbonyl (C=O) groups is 2. The number of para-hydroxylation sites is 1. The minimum absolute atomic E-state index is 0.00429. The minimum Gasteiger partial charge on any atom is -0.484 e. The maximum atomic E-state index is 12.5. The van der Waals surface area contributed by atoms with E-state index in [1.807, 2.05) is 23.2 Å². The lowest BCUT2D eigenvalue weighted by Gasteiger charge is -2.26. The van der Waals surface area contributed by atoms with Gasteiger partial charge in [0.15, 0.2) is 12.4 Å². The monoisotopic (exact) mass is 374 g/mol. The highest BCUT2D eigenvalue weighted by atomic mass is 16.5. The van der Waals surface area contributed by atoms with E-state index >= 15 is 0 Å². The third-order valence-corrected chi connectivity index (χ3v) is 5.12. The number of ether oxygens (including phenoxy) is 1. The Kier molecular flexibility index (Phi) is 4.98. The summed E-state index contributed by atoms with van der Waals surface area (Å²) >= 11 is 0. The molecule has 4 rings (SSSR count). The predicted octanol–water partition coefficient (Wildman–Crippen LogP) is 4.07. The molecule has 5 heteroatoms. The summed E-state index contributed by atoms with van der Waals surface area (Å²) in [6.45, 7) is 2.78. The zero-order valence-electron chi connectivity index (χ0n) is 15.8. The van der Waals surface area contributed by atoms with Crippen LogP contribution in [0.25, 0.3) is 16.5 Å². The second-order valence-corrected chi connectivity index (χ2v) is 6.94. The maximum absolute atomic E-state index is 12.5. The third-order valence-electron chi connectivity index (χ3n) is 5.12. The van der Waals surface area contributed by atoms with E-state index in [9.17, 15) is 9.59 Å². The molecule has 1 aromatic heterocycles. The number of fused-ring (bicyclic) bond motifs is 1. The summed E-state index contributed by atoms with van der Waals surface area (Å²) < 4.78 is 5.58. The average molecular weight is 374 g/mol. The van der Waals surface area contributed by atoms with E-state index < -0.39 is 0 Å². The van der Waals surface area contributed by atoms with Gasteiger partial charge in [-0.15, -0.1) is 0 Å². The van der Waals surface area contributed by atoms with Crippen molar-refractivity contribution in [3.8, 4) is 5.75 Å². The highest BCUT2D eigenvalue weighted by molar-refractivity contribution is 5.94. The molecule has 1 amide bonds. The molecule has 3 aromatic rings. The largest absolute Gasteiger partial charge is 0.484 e. The molecule has 5 nitrogen and oxygen atoms in total. The highest BCUT2D eigenvalue weighted by Gasteiger charge is 2.19. The van der Waals surface area contributed by atoms with Crippen molar-refractivity contribution in [2.24, 2.45) is 0 Å². The first-order chi connectivity index (χ1) is 13.6. The summed E-state index contributed by atoms with van der Waals surface area (Å²) in [6, 6.07) is 15.1. The number of hydrogen-bond donors (Lipinski definition) is 1. The first kappa shape index (κ1) is 18.0. The van der Waals surface area contributed by atoms with Crippen LogP contribution in [0.5, 0.6) is 5.75 Å². The van der Waals surface area contributed by atoms with Gasteiger partial charge in [-0.3, -0.25) is 9.59 Å². The fraction of sp³-hybridized carbons (Fsp3) is 0.217. The summed E-state index contributed by atoms with van der Waals surface area (Å²) in [7, 11) is 0. The number of amides is 1. The van der Waals surface area contributed by atoms with Crippen molar-refractivity contribution >= 4 is 28.2 Å². The molecular weight excluding hydrogens is 352 g/mol. The van der Waals surface area contributed by atoms with Gasteiger partial charge >= 0.3 is 0 Å². The molecule has 0 saturated heterocycles. The fourth-order valence-electron chi connectivity index (χ4n) is 3.50. The number of Topliss-reactive ketones (excluding diaryl/α,β-unsaturated/α-hetero) is 1. The van der Waals surface area contributed by atoms with E-state index in [2.05, 4.69) is 23.2 Å². The Balaban J connectivity index is 1.36. The van der Waals surface area contributed by atoms with Gasteiger partial charge in [0, 0.05) is 41.3 Å². The molecule has 0 radical (unpaired) electrons. The molecule has 0 fully saturated rings. The summed E-state index contributed by atoms with van der Waals surface area (Å²) in [4.78, 5) is 28.9. The molecular formula is C23H22N2O3. The Labute approximate surface area is 163 Å². The SMILES string of the molecule is CC(=O)c1ccc(OCC(=O)N2CC=C(c3c[nH]c4ccccc34)CC2)cc1. The van der Waals surface area contributed by atoms with Gasteiger partial charge in [-0.25, -0.2) is 0 Å². The molecule has 2 aromatic carbocycles. The number of rotatable bonds is 5. The van der Waals surface area contributed by atoms with Crippen LogP contribution in [0.15, 0.2) is 60.8 Å². The quantitative estimate of drug-likeness (QED) is 0.685. The molecule has 1 aliphatic heterocycles. The molecule has 1 N–H and O–H groups in total. The van der Waals surface area contributed by atoms with Gasteiger partial charge in [0.25, 0.3) is 5.91 Å². The molecule has 0 bridgehead atoms. The average Bonchev–Trinajstić information content (AvgIpc) is 3.16. The Hall–Kier alpha value is -3.34. The highest BCUT2D eigenvalue weighted by Crippen LogP contribution is 2.29. The summed E-state index contributed by atoms with van der Waals surface area (Å²) in [5.41, 5.74) is 4.23. The van der Waals surface area contributed by atoms with Crippen molar-refractivity contribution in [2.75, 3.05) is 19.7 Å². The van der Waals surface area contributed by atoms with Crippen molar-refractivity contribution in [1.82, 2.24) is 9.88 Å². The molecule has 0 unspecified atom stereocenters. The Bertz CT molecular complexity index is 1050. The number of hydrogen-bond acceptors (Lipinski definition) is 3. The van der Waals surface area contributed by atoms with Crippen LogP contribution in [0.1, 0.15) is 29.3 Å². The van der Waals surface area contributed by atoms with Gasteiger partial charge < -0.3 is 14.6 Å². The van der Waals surface area contributed by atoms with Crippen molar-refractivity contribution in [3.05, 3.63) is 71.9 Å². The number of H-pyrrole nitrogens is 1. The van der Waals surface area contributed by atoms with Crippen LogP contribution in [0.3, 0.4) is 0 Å². The number of benzene rings is 2. The predicted molar refractivity (Wildman–Crippen MR) is 109 cm³/mol. The van der Waals surface area contributed by atoms with Crippen molar-refractivity contribution in [1.29, 1.82) is 0 Å². The first-order valence-corrected chi connectivity index (χ1v) is 9.39. The standard InChI is InChI=1S/C23H22N2O3/c1-16(26)17-6-8-19(9-7-17)28-15-23(27)25-12-10-18(11-13-25)21-14-24-22-5-3-2-4-20(21)22/h2-10,14,24H,11-13,15H2,1H3. The molecule has 0 atom stereocenters. The van der Waals surface area contributed by atoms with Crippen LogP contribution in [0.4, 0.5) is 0 Å². The van der Waals surface area contributed by atoms with Gasteiger partial charge in [-0.1, -0.05) is 24.3 Å². The van der Waals surface area contributed by atoms with Crippen LogP contribution >= 0.6 is 0 Å². The first-order valence-electron chi connectivity index (χ1n) is 9.39. The van der Waals surface area contributed by atoms with Crippen molar-refractivity contribution in [3.63, 3.8) is 0 Å². The fourth-order valence-corrected chi connectivity index (χ4v) is 3.50. The number of ketones is 1. The lowest BCUT2D eigenvalue weighted by atomic mass is 9.99. The number of carbonyl (C=O) groups excluding carboxylic acids is 2. The Morgan fingerprint density at radius 1 is 1.11 bits per heavy atom. The van der Waals surface area contributed by atoms with Crippen LogP contribution in [-0.2, 0) is 4.79 Å². The van der Waals surface area contributed by atoms with E-state index in [1.54, 1.807) is 24.3 Å². The van der Waals surface area contributed by atoms with Crippen LogP contribution in [0.2, 0.25) is 0 Å². The van der Waals surface area contributed by atoms with E-state index in [0.717, 1.165) is 11.9 Å². The molecule has 1 aliphatic rings. The van der Waals surface area contributed by atoms with Crippen LogP contribution in [-0.4, -0.2) is 41.3 Å². The van der Waals surface area contributed by atoms with Gasteiger partial charge in [-0.2, -0.15) is 0 Å². The molecule has 142 valence electrons. The topological polar surface area (TPSA) is 62.4 Å². The zero-order valence-corrected chi connectivity index (χ0v) is 15.8. The normalized spacial score (nSPS) is 14.0. The molecule has 0 saturated carbocycles. The van der Waals surface area contributed by atoms with Gasteiger partial charge in [0.2, 0.25) is 0 Å². The summed E-state index contributed by atoms with van der Waals surface area (Å²) in [5.74, 6) is 0.559. The van der Waals surface area contributed by atoms with Gasteiger partial charge in [-0.05, 0) is 49.2 Å². The zero-order chi connectivity index (χ0) is 19.5. The van der Waals surface area contributed by atoms with Crippen LogP contribution < -0.4 is 4.74 Å². The number of aromatic nitrogens is 1. The number of nitrogens with one attached hydrogen (secondary N) is 1. The lowest BCUT2D eigenvalue weighted by Crippen LogP contribution is -2.37. The molecule has 2 heterocycles. The Morgan fingerprint density at radius 3 is 2.61 bits per heavy atom. The van der Waals surface area contributed by atoms with Crippen LogP contribution in [0, 0.1) is 0 Å². The van der Waals surface area contributed by atoms with Crippen molar-refractivity contribution < 1.29 is 14.3 Å². The maximum Gasteiger partial charge on any atom is 0.260 e. The lowest BCUT2D eigenvalue weighted by molar-refractivity contribution is -0.132. The van der Waals surface area contributed by atoms with Gasteiger partial charge in [0.05, 0.1) is 0 Å². The minimum atomic E-state index is -0.0372. The van der Waals surface area contributed by atoms with E-state index in [-0.39, 0.29) is 18.3 Å².